The minimum atomic E-state index is -4.51. The van der Waals surface area contributed by atoms with Gasteiger partial charge >= 0.3 is 12.1 Å². The summed E-state index contributed by atoms with van der Waals surface area (Å²) in [5.41, 5.74) is -1.01. The van der Waals surface area contributed by atoms with Crippen LogP contribution in [0.4, 0.5) is 13.2 Å². The maximum atomic E-state index is 12.9. The zero-order valence-corrected chi connectivity index (χ0v) is 15.1. The quantitative estimate of drug-likeness (QED) is 0.758. The number of halogens is 3. The van der Waals surface area contributed by atoms with E-state index in [0.29, 0.717) is 0 Å². The Labute approximate surface area is 158 Å². The van der Waals surface area contributed by atoms with Crippen LogP contribution in [0.3, 0.4) is 0 Å². The summed E-state index contributed by atoms with van der Waals surface area (Å²) in [4.78, 5) is 24.3. The van der Waals surface area contributed by atoms with E-state index in [4.69, 9.17) is 9.47 Å². The third kappa shape index (κ3) is 4.44. The largest absolute Gasteiger partial charge is 0.493 e. The Morgan fingerprint density at radius 3 is 2.64 bits per heavy atom. The molecule has 0 spiro atoms. The van der Waals surface area contributed by atoms with Crippen molar-refractivity contribution in [3.63, 3.8) is 0 Å². The summed E-state index contributed by atoms with van der Waals surface area (Å²) in [6, 6.07) is 4.58. The number of carbonyl (C=O) groups is 2. The summed E-state index contributed by atoms with van der Waals surface area (Å²) in [6.07, 6.45) is -2.51. The minimum absolute atomic E-state index is 0.0113. The number of esters is 1. The van der Waals surface area contributed by atoms with Crippen LogP contribution >= 0.6 is 0 Å². The Morgan fingerprint density at radius 1 is 1.32 bits per heavy atom. The van der Waals surface area contributed by atoms with Gasteiger partial charge in [0.05, 0.1) is 24.6 Å². The number of alkyl halides is 3. The molecular formula is C18H18F3N3O4. The summed E-state index contributed by atoms with van der Waals surface area (Å²) < 4.78 is 50.0. The van der Waals surface area contributed by atoms with E-state index in [1.54, 1.807) is 0 Å². The molecule has 1 atom stereocenters. The first kappa shape index (κ1) is 19.7. The molecular weight excluding hydrogens is 379 g/mol. The lowest BCUT2D eigenvalue weighted by Crippen LogP contribution is -2.37. The highest BCUT2D eigenvalue weighted by atomic mass is 19.4. The summed E-state index contributed by atoms with van der Waals surface area (Å²) >= 11 is 0. The number of aromatic nitrogens is 2. The van der Waals surface area contributed by atoms with Gasteiger partial charge in [-0.3, -0.25) is 4.79 Å². The van der Waals surface area contributed by atoms with Crippen LogP contribution in [-0.2, 0) is 15.7 Å². The number of hydrogen-bond donors (Lipinski definition) is 1. The summed E-state index contributed by atoms with van der Waals surface area (Å²) in [5.74, 6) is -1.33. The van der Waals surface area contributed by atoms with Gasteiger partial charge in [-0.15, -0.1) is 0 Å². The van der Waals surface area contributed by atoms with Gasteiger partial charge in [0.1, 0.15) is 0 Å². The second-order valence-corrected chi connectivity index (χ2v) is 6.37. The lowest BCUT2D eigenvalue weighted by molar-refractivity contribution is -0.137. The maximum absolute atomic E-state index is 12.9. The Morgan fingerprint density at radius 2 is 2.04 bits per heavy atom. The maximum Gasteiger partial charge on any atom is 0.416 e. The second kappa shape index (κ2) is 7.53. The molecule has 150 valence electrons. The molecule has 0 saturated heterocycles. The van der Waals surface area contributed by atoms with Crippen LogP contribution in [0.15, 0.2) is 30.5 Å². The van der Waals surface area contributed by atoms with Gasteiger partial charge in [-0.05, 0) is 38.0 Å². The SMILES string of the molecule is COc1cn(-c2cccc(C(F)(F)F)c2)nc1C(=O)OC(C)C(=O)NC1CC1. The van der Waals surface area contributed by atoms with Gasteiger partial charge in [0.25, 0.3) is 5.91 Å². The first-order chi connectivity index (χ1) is 13.2. The highest BCUT2D eigenvalue weighted by Gasteiger charge is 2.31. The Balaban J connectivity index is 1.80. The van der Waals surface area contributed by atoms with E-state index < -0.39 is 29.7 Å². The number of benzene rings is 1. The topological polar surface area (TPSA) is 82.5 Å². The van der Waals surface area contributed by atoms with Crippen LogP contribution in [0, 0.1) is 0 Å². The third-order valence-corrected chi connectivity index (χ3v) is 4.11. The van der Waals surface area contributed by atoms with Crippen molar-refractivity contribution in [2.24, 2.45) is 0 Å². The summed E-state index contributed by atoms with van der Waals surface area (Å²) in [5, 5.41) is 6.69. The first-order valence-electron chi connectivity index (χ1n) is 8.51. The fourth-order valence-electron chi connectivity index (χ4n) is 2.42. The molecule has 3 rings (SSSR count). The highest BCUT2D eigenvalue weighted by molar-refractivity contribution is 5.93. The number of nitrogens with zero attached hydrogens (tertiary/aromatic N) is 2. The minimum Gasteiger partial charge on any atom is -0.493 e. The monoisotopic (exact) mass is 397 g/mol. The van der Waals surface area contributed by atoms with Gasteiger partial charge in [-0.2, -0.15) is 18.3 Å². The van der Waals surface area contributed by atoms with Crippen molar-refractivity contribution in [2.75, 3.05) is 7.11 Å². The molecule has 0 aliphatic heterocycles. The second-order valence-electron chi connectivity index (χ2n) is 6.37. The number of ether oxygens (including phenoxy) is 2. The van der Waals surface area contributed by atoms with Crippen LogP contribution in [0.2, 0.25) is 0 Å². The summed E-state index contributed by atoms with van der Waals surface area (Å²) in [7, 11) is 1.29. The number of carbonyl (C=O) groups excluding carboxylic acids is 2. The average molecular weight is 397 g/mol. The van der Waals surface area contributed by atoms with E-state index in [1.165, 1.54) is 32.4 Å². The lowest BCUT2D eigenvalue weighted by atomic mass is 10.2. The predicted molar refractivity (Wildman–Crippen MR) is 91.2 cm³/mol. The molecule has 1 aromatic heterocycles. The molecule has 1 unspecified atom stereocenters. The smallest absolute Gasteiger partial charge is 0.416 e. The van der Waals surface area contributed by atoms with E-state index in [-0.39, 0.29) is 23.2 Å². The van der Waals surface area contributed by atoms with Crippen molar-refractivity contribution in [1.29, 1.82) is 0 Å². The molecule has 0 radical (unpaired) electrons. The molecule has 1 aliphatic carbocycles. The molecule has 2 aromatic rings. The molecule has 1 heterocycles. The fraction of sp³-hybridized carbons (Fsp3) is 0.389. The van der Waals surface area contributed by atoms with Gasteiger partial charge in [-0.1, -0.05) is 6.07 Å². The van der Waals surface area contributed by atoms with E-state index in [0.717, 1.165) is 29.7 Å². The van der Waals surface area contributed by atoms with Crippen molar-refractivity contribution in [2.45, 2.75) is 38.1 Å². The molecule has 1 aliphatic rings. The molecule has 1 saturated carbocycles. The molecule has 1 aromatic carbocycles. The number of nitrogens with one attached hydrogen (secondary N) is 1. The molecule has 1 N–H and O–H groups in total. The third-order valence-electron chi connectivity index (χ3n) is 4.11. The van der Waals surface area contributed by atoms with E-state index in [1.807, 2.05) is 0 Å². The number of amides is 1. The normalized spacial score (nSPS) is 15.0. The Hall–Kier alpha value is -3.04. The van der Waals surface area contributed by atoms with Crippen molar-refractivity contribution >= 4 is 11.9 Å². The van der Waals surface area contributed by atoms with Gasteiger partial charge < -0.3 is 14.8 Å². The predicted octanol–water partition coefficient (Wildman–Crippen LogP) is 2.72. The fourth-order valence-corrected chi connectivity index (χ4v) is 2.42. The highest BCUT2D eigenvalue weighted by Crippen LogP contribution is 2.31. The standard InChI is InChI=1S/C18H18F3N3O4/c1-10(16(25)22-12-6-7-12)28-17(26)15-14(27-2)9-24(23-15)13-5-3-4-11(8-13)18(19,20)21/h3-5,8-10,12H,6-7H2,1-2H3,(H,22,25). The van der Waals surface area contributed by atoms with Gasteiger partial charge in [0.15, 0.2) is 11.9 Å². The van der Waals surface area contributed by atoms with Crippen molar-refractivity contribution in [3.05, 3.63) is 41.7 Å². The van der Waals surface area contributed by atoms with E-state index in [2.05, 4.69) is 10.4 Å². The zero-order chi connectivity index (χ0) is 20.5. The van der Waals surface area contributed by atoms with Crippen molar-refractivity contribution in [1.82, 2.24) is 15.1 Å². The van der Waals surface area contributed by atoms with Crippen molar-refractivity contribution < 1.29 is 32.2 Å². The van der Waals surface area contributed by atoms with Crippen LogP contribution in [0.25, 0.3) is 5.69 Å². The summed E-state index contributed by atoms with van der Waals surface area (Å²) in [6.45, 7) is 1.42. The molecule has 28 heavy (non-hydrogen) atoms. The molecule has 1 fully saturated rings. The Kier molecular flexibility index (Phi) is 5.30. The Bertz CT molecular complexity index is 890. The van der Waals surface area contributed by atoms with E-state index in [9.17, 15) is 22.8 Å². The molecule has 7 nitrogen and oxygen atoms in total. The van der Waals surface area contributed by atoms with Gasteiger partial charge in [-0.25, -0.2) is 9.48 Å². The van der Waals surface area contributed by atoms with Crippen LogP contribution < -0.4 is 10.1 Å². The van der Waals surface area contributed by atoms with Crippen molar-refractivity contribution in [3.8, 4) is 11.4 Å². The lowest BCUT2D eigenvalue weighted by Gasteiger charge is -2.12. The average Bonchev–Trinajstić information content (AvgIpc) is 3.35. The van der Waals surface area contributed by atoms with E-state index >= 15 is 0 Å². The van der Waals surface area contributed by atoms with Crippen LogP contribution in [0.5, 0.6) is 5.75 Å². The number of hydrogen-bond acceptors (Lipinski definition) is 5. The van der Waals surface area contributed by atoms with Gasteiger partial charge in [0.2, 0.25) is 5.69 Å². The molecule has 10 heteroatoms. The molecule has 0 bridgehead atoms. The molecule has 1 amide bonds. The number of methoxy groups -OCH3 is 1. The van der Waals surface area contributed by atoms with Crippen LogP contribution in [-0.4, -0.2) is 40.9 Å². The van der Waals surface area contributed by atoms with Crippen LogP contribution in [0.1, 0.15) is 35.8 Å². The first-order valence-corrected chi connectivity index (χ1v) is 8.51. The zero-order valence-electron chi connectivity index (χ0n) is 15.1. The van der Waals surface area contributed by atoms with Gasteiger partial charge in [0, 0.05) is 6.04 Å². The number of rotatable bonds is 6.